The number of anilines is 1. The van der Waals surface area contributed by atoms with Crippen molar-refractivity contribution in [2.75, 3.05) is 5.73 Å². The first-order chi connectivity index (χ1) is 9.24. The number of aromatic nitrogens is 2. The lowest BCUT2D eigenvalue weighted by molar-refractivity contribution is 0.485. The van der Waals surface area contributed by atoms with Gasteiger partial charge < -0.3 is 10.5 Å². The zero-order valence-corrected chi connectivity index (χ0v) is 10.6. The van der Waals surface area contributed by atoms with Gasteiger partial charge in [0.1, 0.15) is 5.75 Å². The van der Waals surface area contributed by atoms with Gasteiger partial charge >= 0.3 is 0 Å². The summed E-state index contributed by atoms with van der Waals surface area (Å²) in [5.41, 5.74) is 7.01. The van der Waals surface area contributed by atoms with Crippen LogP contribution in [0.4, 0.5) is 5.69 Å². The van der Waals surface area contributed by atoms with E-state index >= 15 is 0 Å². The highest BCUT2D eigenvalue weighted by molar-refractivity contribution is 6.32. The number of nitrogens with zero attached hydrogens (tertiary/aromatic N) is 2. The predicted octanol–water partition coefficient (Wildman–Crippen LogP) is 3.66. The molecule has 0 spiro atoms. The minimum absolute atomic E-state index is 0.459. The minimum atomic E-state index is 0.459. The monoisotopic (exact) mass is 271 g/mol. The number of hydrogen-bond donors (Lipinski definition) is 1. The second-order valence-corrected chi connectivity index (χ2v) is 4.43. The van der Waals surface area contributed by atoms with Crippen molar-refractivity contribution >= 4 is 28.2 Å². The van der Waals surface area contributed by atoms with Crippen LogP contribution in [0, 0.1) is 0 Å². The van der Waals surface area contributed by atoms with Crippen molar-refractivity contribution in [1.82, 2.24) is 10.2 Å². The van der Waals surface area contributed by atoms with Gasteiger partial charge in [-0.2, -0.15) is 10.2 Å². The van der Waals surface area contributed by atoms with Gasteiger partial charge in [0.2, 0.25) is 0 Å². The number of ether oxygens (including phenoxy) is 1. The lowest BCUT2D eigenvalue weighted by atomic mass is 10.2. The molecule has 0 atom stereocenters. The first-order valence-corrected chi connectivity index (χ1v) is 6.05. The van der Waals surface area contributed by atoms with Crippen molar-refractivity contribution in [3.05, 3.63) is 53.7 Å². The first kappa shape index (κ1) is 11.7. The number of hydrogen-bond acceptors (Lipinski definition) is 4. The topological polar surface area (TPSA) is 61.0 Å². The van der Waals surface area contributed by atoms with E-state index in [1.54, 1.807) is 24.4 Å². The van der Waals surface area contributed by atoms with Crippen LogP contribution in [0.15, 0.2) is 48.7 Å². The largest absolute Gasteiger partial charge is 0.453 e. The Morgan fingerprint density at radius 3 is 2.74 bits per heavy atom. The van der Waals surface area contributed by atoms with Crippen LogP contribution in [-0.2, 0) is 0 Å². The van der Waals surface area contributed by atoms with Crippen LogP contribution in [0.25, 0.3) is 10.9 Å². The number of rotatable bonds is 2. The highest BCUT2D eigenvalue weighted by Gasteiger charge is 2.07. The Kier molecular flexibility index (Phi) is 2.93. The lowest BCUT2D eigenvalue weighted by Gasteiger charge is -2.09. The van der Waals surface area contributed by atoms with Crippen molar-refractivity contribution in [3.63, 3.8) is 0 Å². The molecule has 0 amide bonds. The van der Waals surface area contributed by atoms with Crippen LogP contribution in [0.3, 0.4) is 0 Å². The van der Waals surface area contributed by atoms with Gasteiger partial charge in [-0.15, -0.1) is 0 Å². The van der Waals surface area contributed by atoms with E-state index in [1.807, 2.05) is 24.3 Å². The van der Waals surface area contributed by atoms with Crippen molar-refractivity contribution in [2.45, 2.75) is 0 Å². The van der Waals surface area contributed by atoms with Crippen LogP contribution in [0.1, 0.15) is 0 Å². The Balaban J connectivity index is 2.06. The smallest absolute Gasteiger partial charge is 0.157 e. The summed E-state index contributed by atoms with van der Waals surface area (Å²) in [4.78, 5) is 0. The Morgan fingerprint density at radius 2 is 1.89 bits per heavy atom. The predicted molar refractivity (Wildman–Crippen MR) is 75.5 cm³/mol. The molecule has 94 valence electrons. The molecule has 0 radical (unpaired) electrons. The fourth-order valence-electron chi connectivity index (χ4n) is 1.78. The second kappa shape index (κ2) is 4.74. The van der Waals surface area contributed by atoms with Crippen molar-refractivity contribution in [3.8, 4) is 11.5 Å². The van der Waals surface area contributed by atoms with E-state index in [-0.39, 0.29) is 0 Å². The van der Waals surface area contributed by atoms with Crippen molar-refractivity contribution < 1.29 is 4.74 Å². The molecule has 1 aromatic heterocycles. The van der Waals surface area contributed by atoms with Crippen LogP contribution >= 0.6 is 11.6 Å². The molecule has 3 aromatic rings. The van der Waals surface area contributed by atoms with Crippen LogP contribution in [0.5, 0.6) is 11.5 Å². The standard InChI is InChI=1S/C14H10ClN3O/c15-11-7-9(16)5-6-13(11)19-14-8-17-18-12-4-2-1-3-10(12)14/h1-8H,16H2. The summed E-state index contributed by atoms with van der Waals surface area (Å²) in [6, 6.07) is 12.7. The van der Waals surface area contributed by atoms with Gasteiger partial charge in [0, 0.05) is 11.1 Å². The van der Waals surface area contributed by atoms with Gasteiger partial charge in [-0.25, -0.2) is 0 Å². The molecule has 2 aromatic carbocycles. The third-order valence-electron chi connectivity index (χ3n) is 2.69. The van der Waals surface area contributed by atoms with E-state index in [0.29, 0.717) is 22.2 Å². The zero-order valence-electron chi connectivity index (χ0n) is 9.88. The third-order valence-corrected chi connectivity index (χ3v) is 2.98. The number of nitrogens with two attached hydrogens (primary N) is 1. The molecule has 1 heterocycles. The third kappa shape index (κ3) is 2.30. The molecule has 0 aliphatic rings. The highest BCUT2D eigenvalue weighted by atomic mass is 35.5. The van der Waals surface area contributed by atoms with Gasteiger partial charge in [0.25, 0.3) is 0 Å². The molecule has 0 aliphatic heterocycles. The van der Waals surface area contributed by atoms with Gasteiger partial charge in [0.15, 0.2) is 5.75 Å². The molecule has 0 bridgehead atoms. The van der Waals surface area contributed by atoms with Gasteiger partial charge in [-0.3, -0.25) is 0 Å². The molecule has 0 aliphatic carbocycles. The van der Waals surface area contributed by atoms with Crippen molar-refractivity contribution in [1.29, 1.82) is 0 Å². The van der Waals surface area contributed by atoms with E-state index in [1.165, 1.54) is 0 Å². The summed E-state index contributed by atoms with van der Waals surface area (Å²) in [7, 11) is 0. The molecule has 0 fully saturated rings. The maximum absolute atomic E-state index is 6.09. The molecular formula is C14H10ClN3O. The van der Waals surface area contributed by atoms with Crippen molar-refractivity contribution in [2.24, 2.45) is 0 Å². The normalized spacial score (nSPS) is 10.6. The zero-order chi connectivity index (χ0) is 13.2. The van der Waals surface area contributed by atoms with Gasteiger partial charge in [-0.05, 0) is 30.3 Å². The first-order valence-electron chi connectivity index (χ1n) is 5.67. The summed E-state index contributed by atoms with van der Waals surface area (Å²) in [5, 5.41) is 9.29. The number of halogens is 1. The van der Waals surface area contributed by atoms with Gasteiger partial charge in [-0.1, -0.05) is 23.7 Å². The molecule has 3 rings (SSSR count). The number of fused-ring (bicyclic) bond motifs is 1. The van der Waals surface area contributed by atoms with E-state index in [0.717, 1.165) is 10.9 Å². The quantitative estimate of drug-likeness (QED) is 0.723. The molecule has 19 heavy (non-hydrogen) atoms. The van der Waals surface area contributed by atoms with Crippen LogP contribution < -0.4 is 10.5 Å². The van der Waals surface area contributed by atoms with E-state index < -0.39 is 0 Å². The Morgan fingerprint density at radius 1 is 1.05 bits per heavy atom. The lowest BCUT2D eigenvalue weighted by Crippen LogP contribution is -1.92. The Bertz CT molecular complexity index is 740. The fourth-order valence-corrected chi connectivity index (χ4v) is 2.01. The maximum atomic E-state index is 6.09. The van der Waals surface area contributed by atoms with E-state index in [9.17, 15) is 0 Å². The molecule has 0 saturated carbocycles. The van der Waals surface area contributed by atoms with E-state index in [4.69, 9.17) is 22.1 Å². The summed E-state index contributed by atoms with van der Waals surface area (Å²) in [6.45, 7) is 0. The summed E-state index contributed by atoms with van der Waals surface area (Å²) < 4.78 is 5.79. The maximum Gasteiger partial charge on any atom is 0.157 e. The average molecular weight is 272 g/mol. The number of benzene rings is 2. The summed E-state index contributed by atoms with van der Waals surface area (Å²) >= 11 is 6.09. The summed E-state index contributed by atoms with van der Waals surface area (Å²) in [5.74, 6) is 1.14. The molecular weight excluding hydrogens is 262 g/mol. The molecule has 0 saturated heterocycles. The van der Waals surface area contributed by atoms with Gasteiger partial charge in [0.05, 0.1) is 16.7 Å². The Labute approximate surface area is 114 Å². The molecule has 0 unspecified atom stereocenters. The second-order valence-electron chi connectivity index (χ2n) is 4.02. The van der Waals surface area contributed by atoms with E-state index in [2.05, 4.69) is 10.2 Å². The highest BCUT2D eigenvalue weighted by Crippen LogP contribution is 2.33. The number of nitrogen functional groups attached to an aromatic ring is 1. The minimum Gasteiger partial charge on any atom is -0.453 e. The Hall–Kier alpha value is -2.33. The summed E-state index contributed by atoms with van der Waals surface area (Å²) in [6.07, 6.45) is 1.56. The SMILES string of the molecule is Nc1ccc(Oc2cnnc3ccccc23)c(Cl)c1. The van der Waals surface area contributed by atoms with Crippen LogP contribution in [-0.4, -0.2) is 10.2 Å². The molecule has 4 nitrogen and oxygen atoms in total. The van der Waals surface area contributed by atoms with Crippen LogP contribution in [0.2, 0.25) is 5.02 Å². The average Bonchev–Trinajstić information content (AvgIpc) is 2.42. The molecule has 2 N–H and O–H groups in total. The fraction of sp³-hybridized carbons (Fsp3) is 0. The molecule has 5 heteroatoms.